The van der Waals surface area contributed by atoms with Crippen LogP contribution >= 0.6 is 0 Å². The number of Topliss-reactive ketones (excluding diaryl/α,β-unsaturated/α-hetero) is 1. The highest BCUT2D eigenvalue weighted by Crippen LogP contribution is 2.28. The van der Waals surface area contributed by atoms with Gasteiger partial charge in [-0.2, -0.15) is 0 Å². The van der Waals surface area contributed by atoms with Crippen LogP contribution in [0.15, 0.2) is 11.1 Å². The number of rotatable bonds is 2. The fraction of sp³-hybridized carbons (Fsp3) is 0.750. The molecule has 1 unspecified atom stereocenters. The summed E-state index contributed by atoms with van der Waals surface area (Å²) in [6.45, 7) is 14.2. The van der Waals surface area contributed by atoms with Gasteiger partial charge in [0, 0.05) is 5.92 Å². The molecule has 13 heavy (non-hydrogen) atoms. The fourth-order valence-corrected chi connectivity index (χ4v) is 0.964. The van der Waals surface area contributed by atoms with Crippen molar-refractivity contribution in [3.8, 4) is 0 Å². The molecule has 0 aromatic carbocycles. The second kappa shape index (κ2) is 4.08. The lowest BCUT2D eigenvalue weighted by molar-refractivity contribution is -0.121. The molecule has 0 saturated heterocycles. The van der Waals surface area contributed by atoms with Gasteiger partial charge in [-0.3, -0.25) is 4.79 Å². The first kappa shape index (κ1) is 12.4. The summed E-state index contributed by atoms with van der Waals surface area (Å²) in [7, 11) is 0. The number of carbonyl (C=O) groups excluding carboxylic acids is 1. The van der Waals surface area contributed by atoms with Gasteiger partial charge in [0.25, 0.3) is 0 Å². The molecule has 0 saturated carbocycles. The van der Waals surface area contributed by atoms with Gasteiger partial charge in [0.05, 0.1) is 0 Å². The maximum absolute atomic E-state index is 11.9. The zero-order valence-electron chi connectivity index (χ0n) is 9.99. The molecule has 0 bridgehead atoms. The van der Waals surface area contributed by atoms with Crippen LogP contribution in [0.4, 0.5) is 0 Å². The molecule has 0 radical (unpaired) electrons. The Hall–Kier alpha value is -0.590. The average molecular weight is 182 g/mol. The molecule has 0 fully saturated rings. The van der Waals surface area contributed by atoms with E-state index in [0.29, 0.717) is 0 Å². The van der Waals surface area contributed by atoms with Crippen molar-refractivity contribution in [1.82, 2.24) is 0 Å². The number of allylic oxidation sites excluding steroid dienone is 2. The molecule has 1 atom stereocenters. The van der Waals surface area contributed by atoms with Gasteiger partial charge < -0.3 is 0 Å². The summed E-state index contributed by atoms with van der Waals surface area (Å²) < 4.78 is 0. The summed E-state index contributed by atoms with van der Waals surface area (Å²) in [5.41, 5.74) is 2.11. The molecule has 0 N–H and O–H groups in total. The minimum absolute atomic E-state index is 0.0633. The van der Waals surface area contributed by atoms with Crippen molar-refractivity contribution in [2.75, 3.05) is 0 Å². The Kier molecular flexibility index (Phi) is 3.89. The van der Waals surface area contributed by atoms with Crippen molar-refractivity contribution in [2.24, 2.45) is 11.3 Å². The highest BCUT2D eigenvalue weighted by molar-refractivity contribution is 5.97. The largest absolute Gasteiger partial charge is 0.294 e. The quantitative estimate of drug-likeness (QED) is 0.596. The Labute approximate surface area is 82.2 Å². The predicted octanol–water partition coefficient (Wildman–Crippen LogP) is 3.59. The first-order valence-corrected chi connectivity index (χ1v) is 4.86. The van der Waals surface area contributed by atoms with Crippen molar-refractivity contribution in [1.29, 1.82) is 0 Å². The number of hydrogen-bond acceptors (Lipinski definition) is 1. The summed E-state index contributed by atoms with van der Waals surface area (Å²) >= 11 is 0. The SMILES string of the molecule is CC(C)=C(C)C(=O)C(C)C(C)(C)C. The molecule has 1 nitrogen and oxygen atoms in total. The van der Waals surface area contributed by atoms with Gasteiger partial charge in [0.1, 0.15) is 0 Å². The highest BCUT2D eigenvalue weighted by Gasteiger charge is 2.27. The van der Waals surface area contributed by atoms with E-state index in [0.717, 1.165) is 11.1 Å². The molecule has 0 aliphatic heterocycles. The molecule has 0 aliphatic rings. The van der Waals surface area contributed by atoms with E-state index < -0.39 is 0 Å². The normalized spacial score (nSPS) is 13.8. The fourth-order valence-electron chi connectivity index (χ4n) is 0.964. The van der Waals surface area contributed by atoms with Crippen LogP contribution in [0.1, 0.15) is 48.5 Å². The van der Waals surface area contributed by atoms with E-state index >= 15 is 0 Å². The minimum atomic E-state index is 0.0633. The summed E-state index contributed by atoms with van der Waals surface area (Å²) in [5, 5.41) is 0. The smallest absolute Gasteiger partial charge is 0.161 e. The first-order valence-electron chi connectivity index (χ1n) is 4.86. The van der Waals surface area contributed by atoms with E-state index in [9.17, 15) is 4.79 Å². The Balaban J connectivity index is 4.74. The molecule has 0 rings (SSSR count). The maximum Gasteiger partial charge on any atom is 0.161 e. The lowest BCUT2D eigenvalue weighted by Gasteiger charge is -2.26. The van der Waals surface area contributed by atoms with Gasteiger partial charge >= 0.3 is 0 Å². The van der Waals surface area contributed by atoms with Crippen molar-refractivity contribution in [3.63, 3.8) is 0 Å². The van der Waals surface area contributed by atoms with Crippen molar-refractivity contribution in [3.05, 3.63) is 11.1 Å². The van der Waals surface area contributed by atoms with Crippen LogP contribution in [0.5, 0.6) is 0 Å². The van der Waals surface area contributed by atoms with Gasteiger partial charge in [0.2, 0.25) is 0 Å². The highest BCUT2D eigenvalue weighted by atomic mass is 16.1. The van der Waals surface area contributed by atoms with Crippen LogP contribution in [0.25, 0.3) is 0 Å². The zero-order chi connectivity index (χ0) is 10.8. The van der Waals surface area contributed by atoms with E-state index in [4.69, 9.17) is 0 Å². The minimum Gasteiger partial charge on any atom is -0.294 e. The molecular formula is C12H22O. The summed E-state index contributed by atoms with van der Waals surface area (Å²) in [6, 6.07) is 0. The van der Waals surface area contributed by atoms with E-state index in [2.05, 4.69) is 20.8 Å². The third kappa shape index (κ3) is 3.33. The Morgan fingerprint density at radius 1 is 1.08 bits per heavy atom. The lowest BCUT2D eigenvalue weighted by Crippen LogP contribution is -2.26. The standard InChI is InChI=1S/C12H22O/c1-8(2)9(3)11(13)10(4)12(5,6)7/h10H,1-7H3. The van der Waals surface area contributed by atoms with Gasteiger partial charge in [0.15, 0.2) is 5.78 Å². The van der Waals surface area contributed by atoms with Gasteiger partial charge in [-0.25, -0.2) is 0 Å². The van der Waals surface area contributed by atoms with E-state index in [1.54, 1.807) is 0 Å². The monoisotopic (exact) mass is 182 g/mol. The van der Waals surface area contributed by atoms with Gasteiger partial charge in [-0.05, 0) is 31.8 Å². The van der Waals surface area contributed by atoms with Crippen LogP contribution < -0.4 is 0 Å². The molecule has 0 aliphatic carbocycles. The van der Waals surface area contributed by atoms with E-state index in [-0.39, 0.29) is 17.1 Å². The summed E-state index contributed by atoms with van der Waals surface area (Å²) in [5.74, 6) is 0.384. The molecule has 0 aromatic rings. The van der Waals surface area contributed by atoms with E-state index in [1.807, 2.05) is 27.7 Å². The molecule has 76 valence electrons. The number of ketones is 1. The van der Waals surface area contributed by atoms with Crippen LogP contribution in [-0.2, 0) is 4.79 Å². The van der Waals surface area contributed by atoms with Crippen LogP contribution in [-0.4, -0.2) is 5.78 Å². The maximum atomic E-state index is 11.9. The van der Waals surface area contributed by atoms with Crippen molar-refractivity contribution in [2.45, 2.75) is 48.5 Å². The van der Waals surface area contributed by atoms with Crippen molar-refractivity contribution < 1.29 is 4.79 Å². The third-order valence-corrected chi connectivity index (χ3v) is 2.81. The molecule has 1 heteroatoms. The Morgan fingerprint density at radius 2 is 1.46 bits per heavy atom. The molecular weight excluding hydrogens is 160 g/mol. The average Bonchev–Trinajstić information content (AvgIpc) is 1.98. The molecule has 0 aromatic heterocycles. The second-order valence-electron chi connectivity index (χ2n) is 5.08. The first-order chi connectivity index (χ1) is 5.68. The van der Waals surface area contributed by atoms with Gasteiger partial charge in [-0.15, -0.1) is 0 Å². The third-order valence-electron chi connectivity index (χ3n) is 2.81. The molecule has 0 amide bonds. The lowest BCUT2D eigenvalue weighted by atomic mass is 9.77. The van der Waals surface area contributed by atoms with Gasteiger partial charge in [-0.1, -0.05) is 33.3 Å². The second-order valence-corrected chi connectivity index (χ2v) is 5.08. The summed E-state index contributed by atoms with van der Waals surface area (Å²) in [6.07, 6.45) is 0. The molecule has 0 spiro atoms. The van der Waals surface area contributed by atoms with Crippen molar-refractivity contribution >= 4 is 5.78 Å². The van der Waals surface area contributed by atoms with E-state index in [1.165, 1.54) is 0 Å². The summed E-state index contributed by atoms with van der Waals surface area (Å²) in [4.78, 5) is 11.9. The van der Waals surface area contributed by atoms with Crippen LogP contribution in [0, 0.1) is 11.3 Å². The number of carbonyl (C=O) groups is 1. The topological polar surface area (TPSA) is 17.1 Å². The predicted molar refractivity (Wildman–Crippen MR) is 57.7 cm³/mol. The Bertz CT molecular complexity index is 224. The Morgan fingerprint density at radius 3 is 1.69 bits per heavy atom. The van der Waals surface area contributed by atoms with Crippen LogP contribution in [0.3, 0.4) is 0 Å². The zero-order valence-corrected chi connectivity index (χ0v) is 9.99. The molecule has 0 heterocycles. The van der Waals surface area contributed by atoms with Crippen LogP contribution in [0.2, 0.25) is 0 Å². The number of hydrogen-bond donors (Lipinski definition) is 0.